The molecule has 0 saturated heterocycles. The van der Waals surface area contributed by atoms with E-state index in [0.717, 1.165) is 11.4 Å². The molecule has 0 aliphatic heterocycles. The normalized spacial score (nSPS) is 10.2. The molecule has 104 valence electrons. The number of carbonyl (C=O) groups excluding carboxylic acids is 1. The van der Waals surface area contributed by atoms with Gasteiger partial charge in [0.15, 0.2) is 5.78 Å². The SMILES string of the molecule is COc1ccc(C(=O)CNc2cccc(C)c2C)cc1. The summed E-state index contributed by atoms with van der Waals surface area (Å²) in [6.45, 7) is 4.40. The minimum Gasteiger partial charge on any atom is -0.497 e. The summed E-state index contributed by atoms with van der Waals surface area (Å²) < 4.78 is 5.08. The van der Waals surface area contributed by atoms with Gasteiger partial charge in [-0.1, -0.05) is 12.1 Å². The predicted molar refractivity (Wildman–Crippen MR) is 81.7 cm³/mol. The van der Waals surface area contributed by atoms with Crippen LogP contribution in [0.4, 0.5) is 5.69 Å². The van der Waals surface area contributed by atoms with Crippen LogP contribution in [0.1, 0.15) is 21.5 Å². The van der Waals surface area contributed by atoms with Crippen LogP contribution in [0.2, 0.25) is 0 Å². The molecule has 0 bridgehead atoms. The summed E-state index contributed by atoms with van der Waals surface area (Å²) in [5, 5.41) is 3.20. The van der Waals surface area contributed by atoms with Gasteiger partial charge < -0.3 is 10.1 Å². The number of benzene rings is 2. The molecule has 0 aromatic heterocycles. The van der Waals surface area contributed by atoms with E-state index in [9.17, 15) is 4.79 Å². The highest BCUT2D eigenvalue weighted by Gasteiger charge is 2.07. The minimum absolute atomic E-state index is 0.0635. The molecule has 0 radical (unpaired) electrons. The fraction of sp³-hybridized carbons (Fsp3) is 0.235. The molecule has 0 aliphatic rings. The number of hydrogen-bond acceptors (Lipinski definition) is 3. The number of anilines is 1. The minimum atomic E-state index is 0.0635. The summed E-state index contributed by atoms with van der Waals surface area (Å²) in [4.78, 5) is 12.1. The third-order valence-electron chi connectivity index (χ3n) is 3.46. The standard InChI is InChI=1S/C17H19NO2/c1-12-5-4-6-16(13(12)2)18-11-17(19)14-7-9-15(20-3)10-8-14/h4-10,18H,11H2,1-3H3. The van der Waals surface area contributed by atoms with E-state index in [1.54, 1.807) is 31.4 Å². The first-order chi connectivity index (χ1) is 9.61. The number of rotatable bonds is 5. The van der Waals surface area contributed by atoms with E-state index in [1.165, 1.54) is 11.1 Å². The maximum absolute atomic E-state index is 12.1. The Morgan fingerprint density at radius 1 is 1.10 bits per heavy atom. The van der Waals surface area contributed by atoms with Gasteiger partial charge in [0.05, 0.1) is 13.7 Å². The van der Waals surface area contributed by atoms with E-state index >= 15 is 0 Å². The second-order valence-electron chi connectivity index (χ2n) is 4.75. The lowest BCUT2D eigenvalue weighted by atomic mass is 10.1. The maximum atomic E-state index is 12.1. The van der Waals surface area contributed by atoms with Crippen LogP contribution in [-0.4, -0.2) is 19.4 Å². The summed E-state index contributed by atoms with van der Waals surface area (Å²) in [6, 6.07) is 13.2. The van der Waals surface area contributed by atoms with Gasteiger partial charge in [-0.3, -0.25) is 4.79 Å². The lowest BCUT2D eigenvalue weighted by Gasteiger charge is -2.11. The molecule has 0 amide bonds. The van der Waals surface area contributed by atoms with Crippen molar-refractivity contribution in [3.63, 3.8) is 0 Å². The van der Waals surface area contributed by atoms with Gasteiger partial charge in [0.1, 0.15) is 5.75 Å². The van der Waals surface area contributed by atoms with Gasteiger partial charge in [-0.05, 0) is 55.3 Å². The van der Waals surface area contributed by atoms with Crippen molar-refractivity contribution >= 4 is 11.5 Å². The molecule has 0 fully saturated rings. The van der Waals surface area contributed by atoms with E-state index in [-0.39, 0.29) is 12.3 Å². The molecule has 2 aromatic carbocycles. The molecule has 0 heterocycles. The summed E-state index contributed by atoms with van der Waals surface area (Å²) in [7, 11) is 1.61. The Bertz CT molecular complexity index is 603. The maximum Gasteiger partial charge on any atom is 0.181 e. The van der Waals surface area contributed by atoms with Crippen molar-refractivity contribution in [2.75, 3.05) is 19.0 Å². The number of Topliss-reactive ketones (excluding diaryl/α,β-unsaturated/α-hetero) is 1. The van der Waals surface area contributed by atoms with Crippen LogP contribution in [0.25, 0.3) is 0 Å². The van der Waals surface area contributed by atoms with Gasteiger partial charge in [-0.2, -0.15) is 0 Å². The van der Waals surface area contributed by atoms with Crippen LogP contribution in [0.15, 0.2) is 42.5 Å². The highest BCUT2D eigenvalue weighted by atomic mass is 16.5. The third kappa shape index (κ3) is 3.18. The van der Waals surface area contributed by atoms with Crippen LogP contribution in [0.3, 0.4) is 0 Å². The molecule has 3 heteroatoms. The summed E-state index contributed by atoms with van der Waals surface area (Å²) in [6.07, 6.45) is 0. The zero-order valence-electron chi connectivity index (χ0n) is 12.1. The first kappa shape index (κ1) is 14.1. The van der Waals surface area contributed by atoms with Gasteiger partial charge in [0.2, 0.25) is 0 Å². The summed E-state index contributed by atoms with van der Waals surface area (Å²) in [5.74, 6) is 0.817. The van der Waals surface area contributed by atoms with E-state index in [2.05, 4.69) is 25.2 Å². The Kier molecular flexibility index (Phi) is 4.41. The van der Waals surface area contributed by atoms with Crippen LogP contribution in [-0.2, 0) is 0 Å². The molecular formula is C17H19NO2. The monoisotopic (exact) mass is 269 g/mol. The fourth-order valence-electron chi connectivity index (χ4n) is 2.00. The van der Waals surface area contributed by atoms with Crippen molar-refractivity contribution in [1.82, 2.24) is 0 Å². The third-order valence-corrected chi connectivity index (χ3v) is 3.46. The van der Waals surface area contributed by atoms with Gasteiger partial charge in [-0.25, -0.2) is 0 Å². The van der Waals surface area contributed by atoms with Crippen molar-refractivity contribution in [1.29, 1.82) is 0 Å². The van der Waals surface area contributed by atoms with Crippen molar-refractivity contribution in [3.8, 4) is 5.75 Å². The van der Waals surface area contributed by atoms with E-state index in [1.807, 2.05) is 12.1 Å². The van der Waals surface area contributed by atoms with E-state index < -0.39 is 0 Å². The number of ether oxygens (including phenoxy) is 1. The Morgan fingerprint density at radius 2 is 1.80 bits per heavy atom. The second-order valence-corrected chi connectivity index (χ2v) is 4.75. The first-order valence-corrected chi connectivity index (χ1v) is 6.59. The van der Waals surface area contributed by atoms with Crippen molar-refractivity contribution in [2.24, 2.45) is 0 Å². The van der Waals surface area contributed by atoms with Gasteiger partial charge in [0, 0.05) is 11.3 Å². The summed E-state index contributed by atoms with van der Waals surface area (Å²) in [5.41, 5.74) is 4.08. The average Bonchev–Trinajstić information content (AvgIpc) is 2.48. The fourth-order valence-corrected chi connectivity index (χ4v) is 2.00. The molecule has 0 aliphatic carbocycles. The number of nitrogens with one attached hydrogen (secondary N) is 1. The van der Waals surface area contributed by atoms with Gasteiger partial charge in [-0.15, -0.1) is 0 Å². The molecule has 0 unspecified atom stereocenters. The predicted octanol–water partition coefficient (Wildman–Crippen LogP) is 3.61. The number of aryl methyl sites for hydroxylation is 1. The quantitative estimate of drug-likeness (QED) is 0.843. The smallest absolute Gasteiger partial charge is 0.181 e. The molecule has 3 nitrogen and oxygen atoms in total. The lowest BCUT2D eigenvalue weighted by Crippen LogP contribution is -2.14. The largest absolute Gasteiger partial charge is 0.497 e. The van der Waals surface area contributed by atoms with Crippen molar-refractivity contribution in [3.05, 3.63) is 59.2 Å². The Balaban J connectivity index is 2.02. The number of hydrogen-bond donors (Lipinski definition) is 1. The topological polar surface area (TPSA) is 38.3 Å². The van der Waals surface area contributed by atoms with Gasteiger partial charge in [0.25, 0.3) is 0 Å². The highest BCUT2D eigenvalue weighted by Crippen LogP contribution is 2.18. The van der Waals surface area contributed by atoms with Crippen LogP contribution in [0.5, 0.6) is 5.75 Å². The molecule has 0 spiro atoms. The molecule has 0 saturated carbocycles. The van der Waals surface area contributed by atoms with Gasteiger partial charge >= 0.3 is 0 Å². The van der Waals surface area contributed by atoms with Crippen LogP contribution < -0.4 is 10.1 Å². The van der Waals surface area contributed by atoms with E-state index in [4.69, 9.17) is 4.74 Å². The van der Waals surface area contributed by atoms with E-state index in [0.29, 0.717) is 5.56 Å². The number of methoxy groups -OCH3 is 1. The first-order valence-electron chi connectivity index (χ1n) is 6.59. The molecule has 2 rings (SSSR count). The Labute approximate surface area is 119 Å². The molecule has 1 N–H and O–H groups in total. The molecule has 0 atom stereocenters. The number of ketones is 1. The zero-order valence-corrected chi connectivity index (χ0v) is 12.1. The number of carbonyl (C=O) groups is 1. The summed E-state index contributed by atoms with van der Waals surface area (Å²) >= 11 is 0. The second kappa shape index (κ2) is 6.24. The van der Waals surface area contributed by atoms with Crippen molar-refractivity contribution in [2.45, 2.75) is 13.8 Å². The Hall–Kier alpha value is -2.29. The lowest BCUT2D eigenvalue weighted by molar-refractivity contribution is 0.101. The Morgan fingerprint density at radius 3 is 2.45 bits per heavy atom. The average molecular weight is 269 g/mol. The van der Waals surface area contributed by atoms with Crippen LogP contribution >= 0.6 is 0 Å². The van der Waals surface area contributed by atoms with Crippen molar-refractivity contribution < 1.29 is 9.53 Å². The molecule has 2 aromatic rings. The zero-order chi connectivity index (χ0) is 14.5. The molecular weight excluding hydrogens is 250 g/mol. The van der Waals surface area contributed by atoms with Crippen LogP contribution in [0, 0.1) is 13.8 Å². The molecule has 20 heavy (non-hydrogen) atoms. The highest BCUT2D eigenvalue weighted by molar-refractivity contribution is 5.99.